The Morgan fingerprint density at radius 1 is 1.35 bits per heavy atom. The lowest BCUT2D eigenvalue weighted by molar-refractivity contribution is 0.234. The van der Waals surface area contributed by atoms with Crippen LogP contribution in [0.1, 0.15) is 24.0 Å². The molecule has 1 fully saturated rings. The van der Waals surface area contributed by atoms with Gasteiger partial charge in [-0.05, 0) is 57.1 Å². The number of piperidine rings is 1. The molecule has 94 valence electrons. The second-order valence-corrected chi connectivity index (χ2v) is 4.98. The number of benzene rings is 1. The van der Waals surface area contributed by atoms with Gasteiger partial charge >= 0.3 is 0 Å². The molecule has 1 aromatic carbocycles. The molecule has 0 saturated carbocycles. The second-order valence-electron chi connectivity index (χ2n) is 4.98. The fourth-order valence-electron chi connectivity index (χ4n) is 2.31. The van der Waals surface area contributed by atoms with Crippen molar-refractivity contribution in [3.63, 3.8) is 0 Å². The van der Waals surface area contributed by atoms with Crippen LogP contribution in [0.25, 0.3) is 0 Å². The van der Waals surface area contributed by atoms with Crippen molar-refractivity contribution in [1.29, 1.82) is 0 Å². The van der Waals surface area contributed by atoms with Gasteiger partial charge in [0.2, 0.25) is 0 Å². The van der Waals surface area contributed by atoms with E-state index < -0.39 is 0 Å². The lowest BCUT2D eigenvalue weighted by atomic mass is 10.0. The number of hydrogen-bond acceptors (Lipinski definition) is 2. The van der Waals surface area contributed by atoms with E-state index in [1.54, 1.807) is 6.07 Å². The molecule has 2 nitrogen and oxygen atoms in total. The van der Waals surface area contributed by atoms with Crippen LogP contribution in [0.15, 0.2) is 18.2 Å². The first-order valence-corrected chi connectivity index (χ1v) is 6.32. The normalized spacial score (nSPS) is 18.5. The van der Waals surface area contributed by atoms with E-state index in [4.69, 9.17) is 0 Å². The highest BCUT2D eigenvalue weighted by Gasteiger charge is 2.16. The zero-order chi connectivity index (χ0) is 12.3. The Hall–Kier alpha value is -0.930. The molecule has 0 radical (unpaired) electrons. The Bertz CT molecular complexity index is 370. The van der Waals surface area contributed by atoms with E-state index in [2.05, 4.69) is 17.3 Å². The molecule has 0 bridgehead atoms. The summed E-state index contributed by atoms with van der Waals surface area (Å²) in [5, 5.41) is 3.53. The molecule has 0 aromatic heterocycles. The number of hydrogen-bond donors (Lipinski definition) is 1. The van der Waals surface area contributed by atoms with Gasteiger partial charge in [0.1, 0.15) is 5.82 Å². The Balaban J connectivity index is 1.87. The molecular weight excluding hydrogens is 215 g/mol. The average molecular weight is 236 g/mol. The summed E-state index contributed by atoms with van der Waals surface area (Å²) in [5.41, 5.74) is 1.84. The monoisotopic (exact) mass is 236 g/mol. The summed E-state index contributed by atoms with van der Waals surface area (Å²) in [4.78, 5) is 2.35. The van der Waals surface area contributed by atoms with Gasteiger partial charge in [-0.25, -0.2) is 4.39 Å². The van der Waals surface area contributed by atoms with Crippen LogP contribution in [0, 0.1) is 12.7 Å². The molecular formula is C14H21FN2. The minimum atomic E-state index is -0.104. The minimum Gasteiger partial charge on any atom is -0.310 e. The van der Waals surface area contributed by atoms with Gasteiger partial charge in [0, 0.05) is 12.6 Å². The fraction of sp³-hybridized carbons (Fsp3) is 0.571. The standard InChI is InChI=1S/C14H21FN2/c1-11-12(4-3-5-14(11)15)10-16-13-6-8-17(2)9-7-13/h3-5,13,16H,6-10H2,1-2H3. The van der Waals surface area contributed by atoms with Crippen LogP contribution < -0.4 is 5.32 Å². The van der Waals surface area contributed by atoms with Gasteiger partial charge in [0.25, 0.3) is 0 Å². The molecule has 1 saturated heterocycles. The maximum Gasteiger partial charge on any atom is 0.126 e. The van der Waals surface area contributed by atoms with Gasteiger partial charge in [-0.3, -0.25) is 0 Å². The SMILES string of the molecule is Cc1c(F)cccc1CNC1CCN(C)CC1. The summed E-state index contributed by atoms with van der Waals surface area (Å²) in [6.45, 7) is 4.93. The third kappa shape index (κ3) is 3.27. The molecule has 17 heavy (non-hydrogen) atoms. The summed E-state index contributed by atoms with van der Waals surface area (Å²) in [6.07, 6.45) is 2.37. The molecule has 0 atom stereocenters. The summed E-state index contributed by atoms with van der Waals surface area (Å²) >= 11 is 0. The number of likely N-dealkylation sites (tertiary alicyclic amines) is 1. The molecule has 1 heterocycles. The number of halogens is 1. The van der Waals surface area contributed by atoms with Crippen LogP contribution in [0.3, 0.4) is 0 Å². The molecule has 0 aliphatic carbocycles. The van der Waals surface area contributed by atoms with Crippen LogP contribution in [0.2, 0.25) is 0 Å². The summed E-state index contributed by atoms with van der Waals surface area (Å²) in [7, 11) is 2.16. The van der Waals surface area contributed by atoms with E-state index in [1.165, 1.54) is 18.9 Å². The van der Waals surface area contributed by atoms with Crippen molar-refractivity contribution in [2.24, 2.45) is 0 Å². The molecule has 1 aromatic rings. The van der Waals surface area contributed by atoms with Crippen molar-refractivity contribution in [3.8, 4) is 0 Å². The Labute approximate surface area is 103 Å². The number of nitrogens with zero attached hydrogens (tertiary/aromatic N) is 1. The van der Waals surface area contributed by atoms with Crippen molar-refractivity contribution >= 4 is 0 Å². The Morgan fingerprint density at radius 3 is 2.76 bits per heavy atom. The van der Waals surface area contributed by atoms with E-state index in [0.29, 0.717) is 6.04 Å². The van der Waals surface area contributed by atoms with E-state index >= 15 is 0 Å². The maximum atomic E-state index is 13.4. The largest absolute Gasteiger partial charge is 0.310 e. The summed E-state index contributed by atoms with van der Waals surface area (Å²) < 4.78 is 13.4. The van der Waals surface area contributed by atoms with Crippen LogP contribution in [-0.2, 0) is 6.54 Å². The van der Waals surface area contributed by atoms with Crippen molar-refractivity contribution < 1.29 is 4.39 Å². The molecule has 0 unspecified atom stereocenters. The third-order valence-electron chi connectivity index (χ3n) is 3.68. The van der Waals surface area contributed by atoms with Gasteiger partial charge in [0.05, 0.1) is 0 Å². The first kappa shape index (κ1) is 12.5. The minimum absolute atomic E-state index is 0.104. The Morgan fingerprint density at radius 2 is 2.06 bits per heavy atom. The lowest BCUT2D eigenvalue weighted by Crippen LogP contribution is -2.40. The van der Waals surface area contributed by atoms with Crippen molar-refractivity contribution in [2.75, 3.05) is 20.1 Å². The van der Waals surface area contributed by atoms with Crippen LogP contribution in [0.5, 0.6) is 0 Å². The zero-order valence-corrected chi connectivity index (χ0v) is 10.7. The molecule has 1 N–H and O–H groups in total. The Kier molecular flexibility index (Phi) is 4.13. The van der Waals surface area contributed by atoms with E-state index in [1.807, 2.05) is 13.0 Å². The summed E-state index contributed by atoms with van der Waals surface area (Å²) in [6, 6.07) is 5.89. The van der Waals surface area contributed by atoms with Crippen LogP contribution in [-0.4, -0.2) is 31.1 Å². The molecule has 2 rings (SSSR count). The highest BCUT2D eigenvalue weighted by molar-refractivity contribution is 5.27. The smallest absolute Gasteiger partial charge is 0.126 e. The molecule has 0 amide bonds. The highest BCUT2D eigenvalue weighted by Crippen LogP contribution is 2.14. The van der Waals surface area contributed by atoms with E-state index in [-0.39, 0.29) is 5.82 Å². The quantitative estimate of drug-likeness (QED) is 0.866. The number of nitrogens with one attached hydrogen (secondary N) is 1. The van der Waals surface area contributed by atoms with Crippen molar-refractivity contribution in [2.45, 2.75) is 32.4 Å². The molecule has 1 aliphatic rings. The van der Waals surface area contributed by atoms with Gasteiger partial charge in [-0.2, -0.15) is 0 Å². The predicted molar refractivity (Wildman–Crippen MR) is 68.5 cm³/mol. The van der Waals surface area contributed by atoms with Gasteiger partial charge in [-0.1, -0.05) is 12.1 Å². The van der Waals surface area contributed by atoms with E-state index in [9.17, 15) is 4.39 Å². The third-order valence-corrected chi connectivity index (χ3v) is 3.68. The molecule has 3 heteroatoms. The topological polar surface area (TPSA) is 15.3 Å². The van der Waals surface area contributed by atoms with Gasteiger partial charge in [-0.15, -0.1) is 0 Å². The average Bonchev–Trinajstić information content (AvgIpc) is 2.33. The van der Waals surface area contributed by atoms with E-state index in [0.717, 1.165) is 30.8 Å². The lowest BCUT2D eigenvalue weighted by Gasteiger charge is -2.29. The molecule has 0 spiro atoms. The second kappa shape index (κ2) is 5.61. The van der Waals surface area contributed by atoms with Crippen molar-refractivity contribution in [3.05, 3.63) is 35.1 Å². The first-order valence-electron chi connectivity index (χ1n) is 6.32. The van der Waals surface area contributed by atoms with Gasteiger partial charge in [0.15, 0.2) is 0 Å². The summed E-state index contributed by atoms with van der Waals surface area (Å²) in [5.74, 6) is -0.104. The van der Waals surface area contributed by atoms with Gasteiger partial charge < -0.3 is 10.2 Å². The predicted octanol–water partition coefficient (Wildman–Crippen LogP) is 2.32. The highest BCUT2D eigenvalue weighted by atomic mass is 19.1. The maximum absolute atomic E-state index is 13.4. The first-order chi connectivity index (χ1) is 8.16. The molecule has 1 aliphatic heterocycles. The fourth-order valence-corrected chi connectivity index (χ4v) is 2.31. The van der Waals surface area contributed by atoms with Crippen LogP contribution >= 0.6 is 0 Å². The van der Waals surface area contributed by atoms with Crippen molar-refractivity contribution in [1.82, 2.24) is 10.2 Å². The number of rotatable bonds is 3. The zero-order valence-electron chi connectivity index (χ0n) is 10.7. The van der Waals surface area contributed by atoms with Crippen LogP contribution in [0.4, 0.5) is 4.39 Å².